The molecule has 4 nitrogen and oxygen atoms in total. The topological polar surface area (TPSA) is 47.6 Å². The molecular formula is C11H16BrNO3S. The first-order valence-corrected chi connectivity index (χ1v) is 6.91. The molecule has 0 saturated carbocycles. The van der Waals surface area contributed by atoms with Crippen molar-refractivity contribution in [3.63, 3.8) is 0 Å². The van der Waals surface area contributed by atoms with Gasteiger partial charge in [0.2, 0.25) is 5.91 Å². The third-order valence-corrected chi connectivity index (χ3v) is 3.67. The minimum atomic E-state index is -0.0864. The Labute approximate surface area is 113 Å². The number of methoxy groups -OCH3 is 1. The van der Waals surface area contributed by atoms with E-state index >= 15 is 0 Å². The number of amides is 1. The van der Waals surface area contributed by atoms with E-state index in [-0.39, 0.29) is 12.5 Å². The molecule has 1 aromatic heterocycles. The summed E-state index contributed by atoms with van der Waals surface area (Å²) < 4.78 is 11.0. The molecule has 0 saturated heterocycles. The molecule has 6 heteroatoms. The van der Waals surface area contributed by atoms with E-state index in [1.807, 2.05) is 6.07 Å². The Morgan fingerprint density at radius 2 is 2.29 bits per heavy atom. The van der Waals surface area contributed by atoms with Crippen molar-refractivity contribution in [1.82, 2.24) is 5.32 Å². The molecule has 0 bridgehead atoms. The van der Waals surface area contributed by atoms with Gasteiger partial charge in [-0.25, -0.2) is 0 Å². The predicted octanol–water partition coefficient (Wildman–Crippen LogP) is 1.83. The van der Waals surface area contributed by atoms with Crippen LogP contribution in [0.15, 0.2) is 15.9 Å². The molecule has 1 heterocycles. The maximum atomic E-state index is 11.3. The van der Waals surface area contributed by atoms with E-state index in [0.29, 0.717) is 19.8 Å². The second kappa shape index (κ2) is 8.63. The second-order valence-electron chi connectivity index (χ2n) is 3.35. The van der Waals surface area contributed by atoms with Crippen LogP contribution >= 0.6 is 27.3 Å². The number of ether oxygens (including phenoxy) is 2. The van der Waals surface area contributed by atoms with Crippen LogP contribution in [-0.4, -0.2) is 39.4 Å². The molecule has 0 aliphatic carbocycles. The fraction of sp³-hybridized carbons (Fsp3) is 0.545. The van der Waals surface area contributed by atoms with Gasteiger partial charge in [0.1, 0.15) is 6.61 Å². The number of halogens is 1. The Kier molecular flexibility index (Phi) is 7.43. The normalized spacial score (nSPS) is 10.5. The van der Waals surface area contributed by atoms with Gasteiger partial charge in [0.25, 0.3) is 0 Å². The van der Waals surface area contributed by atoms with Crippen molar-refractivity contribution in [2.24, 2.45) is 0 Å². The van der Waals surface area contributed by atoms with Gasteiger partial charge < -0.3 is 14.8 Å². The van der Waals surface area contributed by atoms with Gasteiger partial charge in [-0.3, -0.25) is 4.79 Å². The van der Waals surface area contributed by atoms with Gasteiger partial charge in [-0.1, -0.05) is 0 Å². The lowest BCUT2D eigenvalue weighted by molar-refractivity contribution is -0.126. The molecule has 1 N–H and O–H groups in total. The van der Waals surface area contributed by atoms with E-state index < -0.39 is 0 Å². The Bertz CT molecular complexity index is 343. The highest BCUT2D eigenvalue weighted by Crippen LogP contribution is 2.21. The largest absolute Gasteiger partial charge is 0.382 e. The Morgan fingerprint density at radius 3 is 2.94 bits per heavy atom. The molecular weight excluding hydrogens is 306 g/mol. The molecule has 0 atom stereocenters. The number of rotatable bonds is 8. The predicted molar refractivity (Wildman–Crippen MR) is 71.4 cm³/mol. The van der Waals surface area contributed by atoms with Gasteiger partial charge in [-0.2, -0.15) is 0 Å². The maximum absolute atomic E-state index is 11.3. The summed E-state index contributed by atoms with van der Waals surface area (Å²) in [5.41, 5.74) is 0. The molecule has 1 aromatic rings. The summed E-state index contributed by atoms with van der Waals surface area (Å²) in [6, 6.07) is 4.06. The minimum absolute atomic E-state index is 0.0864. The lowest BCUT2D eigenvalue weighted by atomic mass is 10.3. The van der Waals surface area contributed by atoms with Crippen molar-refractivity contribution in [2.75, 3.05) is 33.5 Å². The summed E-state index contributed by atoms with van der Waals surface area (Å²) in [5, 5.41) is 2.80. The molecule has 0 fully saturated rings. The second-order valence-corrected chi connectivity index (χ2v) is 5.90. The minimum Gasteiger partial charge on any atom is -0.382 e. The first-order valence-electron chi connectivity index (χ1n) is 5.30. The Balaban J connectivity index is 2.04. The molecule has 1 amide bonds. The number of thiophene rings is 1. The highest BCUT2D eigenvalue weighted by Gasteiger charge is 2.02. The fourth-order valence-electron chi connectivity index (χ4n) is 1.17. The first-order chi connectivity index (χ1) is 8.22. The molecule has 17 heavy (non-hydrogen) atoms. The average Bonchev–Trinajstić information content (AvgIpc) is 2.71. The number of hydrogen-bond donors (Lipinski definition) is 1. The van der Waals surface area contributed by atoms with E-state index in [1.54, 1.807) is 18.4 Å². The van der Waals surface area contributed by atoms with Crippen LogP contribution in [0.5, 0.6) is 0 Å². The zero-order valence-corrected chi connectivity index (χ0v) is 12.1. The van der Waals surface area contributed by atoms with Gasteiger partial charge in [-0.05, 0) is 34.5 Å². The molecule has 0 radical (unpaired) electrons. The van der Waals surface area contributed by atoms with Crippen molar-refractivity contribution < 1.29 is 14.3 Å². The summed E-state index contributed by atoms with van der Waals surface area (Å²) >= 11 is 5.08. The SMILES string of the molecule is COCCOCC(=O)NCCc1ccc(Br)s1. The molecule has 0 aliphatic rings. The van der Waals surface area contributed by atoms with Crippen molar-refractivity contribution in [1.29, 1.82) is 0 Å². The van der Waals surface area contributed by atoms with E-state index in [1.165, 1.54) is 4.88 Å². The van der Waals surface area contributed by atoms with Crippen molar-refractivity contribution in [3.8, 4) is 0 Å². The van der Waals surface area contributed by atoms with Crippen LogP contribution in [0.2, 0.25) is 0 Å². The summed E-state index contributed by atoms with van der Waals surface area (Å²) in [7, 11) is 1.60. The van der Waals surface area contributed by atoms with Crippen LogP contribution in [0.25, 0.3) is 0 Å². The number of carbonyl (C=O) groups excluding carboxylic acids is 1. The van der Waals surface area contributed by atoms with Gasteiger partial charge >= 0.3 is 0 Å². The molecule has 0 spiro atoms. The van der Waals surface area contributed by atoms with Gasteiger partial charge in [-0.15, -0.1) is 11.3 Å². The number of hydrogen-bond acceptors (Lipinski definition) is 4. The smallest absolute Gasteiger partial charge is 0.246 e. The van der Waals surface area contributed by atoms with E-state index in [2.05, 4.69) is 27.3 Å². The quantitative estimate of drug-likeness (QED) is 0.743. The number of nitrogens with one attached hydrogen (secondary N) is 1. The maximum Gasteiger partial charge on any atom is 0.246 e. The van der Waals surface area contributed by atoms with Crippen LogP contribution in [0.1, 0.15) is 4.88 Å². The van der Waals surface area contributed by atoms with Gasteiger partial charge in [0.05, 0.1) is 17.0 Å². The van der Waals surface area contributed by atoms with Crippen molar-refractivity contribution in [3.05, 3.63) is 20.8 Å². The summed E-state index contributed by atoms with van der Waals surface area (Å²) in [4.78, 5) is 12.6. The van der Waals surface area contributed by atoms with Gasteiger partial charge in [0.15, 0.2) is 0 Å². The highest BCUT2D eigenvalue weighted by molar-refractivity contribution is 9.11. The Morgan fingerprint density at radius 1 is 1.47 bits per heavy atom. The standard InChI is InChI=1S/C11H16BrNO3S/c1-15-6-7-16-8-11(14)13-5-4-9-2-3-10(12)17-9/h2-3H,4-8H2,1H3,(H,13,14). The average molecular weight is 322 g/mol. The number of carbonyl (C=O) groups is 1. The van der Waals surface area contributed by atoms with Crippen LogP contribution in [0.3, 0.4) is 0 Å². The molecule has 0 aromatic carbocycles. The summed E-state index contributed by atoms with van der Waals surface area (Å²) in [6.07, 6.45) is 0.847. The third kappa shape index (κ3) is 6.78. The van der Waals surface area contributed by atoms with Crippen molar-refractivity contribution in [2.45, 2.75) is 6.42 Å². The van der Waals surface area contributed by atoms with Crippen LogP contribution in [0.4, 0.5) is 0 Å². The highest BCUT2D eigenvalue weighted by atomic mass is 79.9. The van der Waals surface area contributed by atoms with E-state index in [9.17, 15) is 4.79 Å². The zero-order valence-electron chi connectivity index (χ0n) is 9.70. The molecule has 0 aliphatic heterocycles. The summed E-state index contributed by atoms with van der Waals surface area (Å²) in [5.74, 6) is -0.0864. The fourth-order valence-corrected chi connectivity index (χ4v) is 2.65. The Hall–Kier alpha value is -0.430. The first kappa shape index (κ1) is 14.6. The molecule has 1 rings (SSSR count). The lowest BCUT2D eigenvalue weighted by Crippen LogP contribution is -2.29. The van der Waals surface area contributed by atoms with E-state index in [0.717, 1.165) is 10.2 Å². The van der Waals surface area contributed by atoms with E-state index in [4.69, 9.17) is 9.47 Å². The van der Waals surface area contributed by atoms with Crippen LogP contribution in [0, 0.1) is 0 Å². The van der Waals surface area contributed by atoms with Crippen molar-refractivity contribution >= 4 is 33.2 Å². The molecule has 96 valence electrons. The molecule has 0 unspecified atom stereocenters. The zero-order chi connectivity index (χ0) is 12.5. The monoisotopic (exact) mass is 321 g/mol. The van der Waals surface area contributed by atoms with Crippen LogP contribution in [-0.2, 0) is 20.7 Å². The van der Waals surface area contributed by atoms with Gasteiger partial charge in [0, 0.05) is 18.5 Å². The third-order valence-electron chi connectivity index (χ3n) is 1.99. The van der Waals surface area contributed by atoms with Crippen LogP contribution < -0.4 is 5.32 Å². The lowest BCUT2D eigenvalue weighted by Gasteiger charge is -2.05. The summed E-state index contributed by atoms with van der Waals surface area (Å²) in [6.45, 7) is 1.69.